The Labute approximate surface area is 187 Å². The molecule has 1 unspecified atom stereocenters. The van der Waals surface area contributed by atoms with E-state index >= 15 is 0 Å². The van der Waals surface area contributed by atoms with Gasteiger partial charge in [0.25, 0.3) is 5.91 Å². The fourth-order valence-electron chi connectivity index (χ4n) is 3.33. The van der Waals surface area contributed by atoms with Crippen molar-refractivity contribution in [2.24, 2.45) is 5.10 Å². The van der Waals surface area contributed by atoms with Crippen molar-refractivity contribution in [3.05, 3.63) is 71.8 Å². The van der Waals surface area contributed by atoms with E-state index in [9.17, 15) is 14.4 Å². The van der Waals surface area contributed by atoms with Crippen LogP contribution in [0.4, 0.5) is 4.79 Å². The summed E-state index contributed by atoms with van der Waals surface area (Å²) in [6.45, 7) is -0.142. The van der Waals surface area contributed by atoms with E-state index in [1.807, 2.05) is 60.7 Å². The van der Waals surface area contributed by atoms with Gasteiger partial charge in [0.05, 0.1) is 6.54 Å². The Kier molecular flexibility index (Phi) is 8.80. The average molecular weight is 437 g/mol. The number of carbonyl (C=O) groups is 3. The van der Waals surface area contributed by atoms with Gasteiger partial charge < -0.3 is 15.4 Å². The maximum Gasteiger partial charge on any atom is 0.408 e. The highest BCUT2D eigenvalue weighted by atomic mass is 16.5. The number of benzene rings is 2. The molecule has 0 heterocycles. The molecule has 1 aliphatic carbocycles. The summed E-state index contributed by atoms with van der Waals surface area (Å²) in [5.41, 5.74) is 5.15. The summed E-state index contributed by atoms with van der Waals surface area (Å²) >= 11 is 0. The van der Waals surface area contributed by atoms with E-state index in [0.29, 0.717) is 0 Å². The second-order valence-corrected chi connectivity index (χ2v) is 7.59. The SMILES string of the molecule is O=C(CNC(=O)C(Cc1ccccc1)NC(=O)OCc1ccccc1)NN=C1CCCC1. The lowest BCUT2D eigenvalue weighted by Crippen LogP contribution is -2.50. The van der Waals surface area contributed by atoms with Gasteiger partial charge in [-0.15, -0.1) is 0 Å². The summed E-state index contributed by atoms with van der Waals surface area (Å²) in [6, 6.07) is 17.7. The van der Waals surface area contributed by atoms with Crippen LogP contribution in [0.5, 0.6) is 0 Å². The van der Waals surface area contributed by atoms with E-state index in [1.54, 1.807) is 0 Å². The highest BCUT2D eigenvalue weighted by Gasteiger charge is 2.22. The number of rotatable bonds is 9. The van der Waals surface area contributed by atoms with Crippen molar-refractivity contribution < 1.29 is 19.1 Å². The van der Waals surface area contributed by atoms with E-state index in [-0.39, 0.29) is 19.6 Å². The maximum atomic E-state index is 12.7. The quantitative estimate of drug-likeness (QED) is 0.525. The molecule has 1 aliphatic rings. The Hall–Kier alpha value is -3.68. The van der Waals surface area contributed by atoms with Gasteiger partial charge in [-0.1, -0.05) is 60.7 Å². The minimum atomic E-state index is -0.894. The molecule has 32 heavy (non-hydrogen) atoms. The molecule has 8 nitrogen and oxygen atoms in total. The summed E-state index contributed by atoms with van der Waals surface area (Å²) in [4.78, 5) is 37.0. The summed E-state index contributed by atoms with van der Waals surface area (Å²) in [5, 5.41) is 9.26. The van der Waals surface area contributed by atoms with E-state index in [2.05, 4.69) is 21.2 Å². The highest BCUT2D eigenvalue weighted by Crippen LogP contribution is 2.13. The van der Waals surface area contributed by atoms with Crippen molar-refractivity contribution in [3.63, 3.8) is 0 Å². The lowest BCUT2D eigenvalue weighted by molar-refractivity contribution is -0.127. The van der Waals surface area contributed by atoms with E-state index in [1.165, 1.54) is 0 Å². The Morgan fingerprint density at radius 1 is 0.906 bits per heavy atom. The minimum Gasteiger partial charge on any atom is -0.445 e. The van der Waals surface area contributed by atoms with Crippen LogP contribution in [0.3, 0.4) is 0 Å². The van der Waals surface area contributed by atoms with Crippen molar-refractivity contribution in [2.75, 3.05) is 6.54 Å². The number of alkyl carbamates (subject to hydrolysis) is 1. The normalized spacial score (nSPS) is 13.7. The Balaban J connectivity index is 1.53. The number of nitrogens with one attached hydrogen (secondary N) is 3. The molecule has 0 aromatic heterocycles. The Bertz CT molecular complexity index is 924. The molecule has 0 spiro atoms. The van der Waals surface area contributed by atoms with Crippen LogP contribution in [0.1, 0.15) is 36.8 Å². The number of hydrazone groups is 1. The summed E-state index contributed by atoms with van der Waals surface area (Å²) in [6.07, 6.45) is 3.50. The van der Waals surface area contributed by atoms with E-state index in [0.717, 1.165) is 42.5 Å². The molecule has 0 radical (unpaired) electrons. The van der Waals surface area contributed by atoms with Crippen molar-refractivity contribution >= 4 is 23.6 Å². The van der Waals surface area contributed by atoms with Gasteiger partial charge in [0.2, 0.25) is 5.91 Å². The fraction of sp³-hybridized carbons (Fsp3) is 0.333. The molecule has 1 saturated carbocycles. The third-order valence-corrected chi connectivity index (χ3v) is 5.05. The first-order valence-corrected chi connectivity index (χ1v) is 10.7. The van der Waals surface area contributed by atoms with Crippen LogP contribution in [0, 0.1) is 0 Å². The monoisotopic (exact) mass is 436 g/mol. The first kappa shape index (κ1) is 23.0. The molecule has 0 bridgehead atoms. The number of ether oxygens (including phenoxy) is 1. The van der Waals surface area contributed by atoms with Gasteiger partial charge in [-0.25, -0.2) is 10.2 Å². The number of nitrogens with zero attached hydrogens (tertiary/aromatic N) is 1. The summed E-state index contributed by atoms with van der Waals surface area (Å²) in [7, 11) is 0. The van der Waals surface area contributed by atoms with Crippen LogP contribution in [-0.4, -0.2) is 36.2 Å². The molecule has 3 rings (SSSR count). The van der Waals surface area contributed by atoms with Crippen molar-refractivity contribution in [1.29, 1.82) is 0 Å². The molecular formula is C24H28N4O4. The second-order valence-electron chi connectivity index (χ2n) is 7.59. The lowest BCUT2D eigenvalue weighted by Gasteiger charge is -2.18. The molecule has 8 heteroatoms. The van der Waals surface area contributed by atoms with Gasteiger partial charge in [-0.2, -0.15) is 5.10 Å². The number of carbonyl (C=O) groups excluding carboxylic acids is 3. The van der Waals surface area contributed by atoms with Crippen LogP contribution >= 0.6 is 0 Å². The summed E-state index contributed by atoms with van der Waals surface area (Å²) < 4.78 is 5.24. The van der Waals surface area contributed by atoms with Crippen LogP contribution < -0.4 is 16.1 Å². The molecule has 1 atom stereocenters. The Morgan fingerprint density at radius 2 is 1.53 bits per heavy atom. The third kappa shape index (κ3) is 7.86. The molecule has 2 aromatic carbocycles. The molecule has 2 aromatic rings. The second kappa shape index (κ2) is 12.2. The largest absolute Gasteiger partial charge is 0.445 e. The van der Waals surface area contributed by atoms with Gasteiger partial charge in [0.1, 0.15) is 12.6 Å². The first-order chi connectivity index (χ1) is 15.6. The number of amides is 3. The highest BCUT2D eigenvalue weighted by molar-refractivity contribution is 5.91. The van der Waals surface area contributed by atoms with Crippen molar-refractivity contribution in [1.82, 2.24) is 16.1 Å². The van der Waals surface area contributed by atoms with Gasteiger partial charge in [0.15, 0.2) is 0 Å². The number of hydrogen-bond donors (Lipinski definition) is 3. The Morgan fingerprint density at radius 3 is 2.19 bits per heavy atom. The standard InChI is InChI=1S/C24H28N4O4/c29-22(28-27-20-13-7-8-14-20)16-25-23(30)21(15-18-9-3-1-4-10-18)26-24(31)32-17-19-11-5-2-6-12-19/h1-6,9-12,21H,7-8,13-17H2,(H,25,30)(H,26,31)(H,28,29). The molecule has 0 aliphatic heterocycles. The van der Waals surface area contributed by atoms with Gasteiger partial charge in [-0.05, 0) is 36.8 Å². The lowest BCUT2D eigenvalue weighted by atomic mass is 10.1. The van der Waals surface area contributed by atoms with Crippen molar-refractivity contribution in [2.45, 2.75) is 44.8 Å². The third-order valence-electron chi connectivity index (χ3n) is 5.05. The molecule has 168 valence electrons. The molecular weight excluding hydrogens is 408 g/mol. The van der Waals surface area contributed by atoms with Crippen LogP contribution in [0.15, 0.2) is 65.8 Å². The average Bonchev–Trinajstić information content (AvgIpc) is 3.34. The van der Waals surface area contributed by atoms with Gasteiger partial charge in [-0.3, -0.25) is 9.59 Å². The van der Waals surface area contributed by atoms with E-state index < -0.39 is 23.9 Å². The topological polar surface area (TPSA) is 109 Å². The van der Waals surface area contributed by atoms with Crippen LogP contribution in [0.25, 0.3) is 0 Å². The zero-order chi connectivity index (χ0) is 22.6. The zero-order valence-corrected chi connectivity index (χ0v) is 17.9. The smallest absolute Gasteiger partial charge is 0.408 e. The predicted molar refractivity (Wildman–Crippen MR) is 121 cm³/mol. The van der Waals surface area contributed by atoms with Crippen LogP contribution in [-0.2, 0) is 27.4 Å². The molecule has 3 N–H and O–H groups in total. The molecule has 1 fully saturated rings. The van der Waals surface area contributed by atoms with E-state index in [4.69, 9.17) is 4.74 Å². The maximum absolute atomic E-state index is 12.7. The zero-order valence-electron chi connectivity index (χ0n) is 17.9. The minimum absolute atomic E-state index is 0.0924. The summed E-state index contributed by atoms with van der Waals surface area (Å²) in [5.74, 6) is -0.892. The molecule has 3 amide bonds. The first-order valence-electron chi connectivity index (χ1n) is 10.7. The van der Waals surface area contributed by atoms with Gasteiger partial charge in [0, 0.05) is 12.1 Å². The van der Waals surface area contributed by atoms with Crippen molar-refractivity contribution in [3.8, 4) is 0 Å². The number of hydrogen-bond acceptors (Lipinski definition) is 5. The predicted octanol–water partition coefficient (Wildman–Crippen LogP) is 2.69. The van der Waals surface area contributed by atoms with Gasteiger partial charge >= 0.3 is 6.09 Å². The van der Waals surface area contributed by atoms with Crippen LogP contribution in [0.2, 0.25) is 0 Å². The fourth-order valence-corrected chi connectivity index (χ4v) is 3.33. The molecule has 0 saturated heterocycles.